The fourth-order valence-corrected chi connectivity index (χ4v) is 4.24. The number of hydrogen-bond acceptors (Lipinski definition) is 6. The number of ether oxygens (including phenoxy) is 3. The summed E-state index contributed by atoms with van der Waals surface area (Å²) in [5.41, 5.74) is 0.477. The minimum atomic E-state index is -0.265. The van der Waals surface area contributed by atoms with Gasteiger partial charge >= 0.3 is 0 Å². The molecule has 1 aromatic carbocycles. The zero-order chi connectivity index (χ0) is 20.1. The number of nitrogens with one attached hydrogen (secondary N) is 1. The summed E-state index contributed by atoms with van der Waals surface area (Å²) >= 11 is 0. The van der Waals surface area contributed by atoms with Gasteiger partial charge in [-0.1, -0.05) is 0 Å². The molecule has 2 aliphatic rings. The first-order valence-electron chi connectivity index (χ1n) is 10.0. The smallest absolute Gasteiger partial charge is 0.238 e. The van der Waals surface area contributed by atoms with Crippen LogP contribution < -0.4 is 10.1 Å². The van der Waals surface area contributed by atoms with Crippen LogP contribution in [0.2, 0.25) is 0 Å². The molecule has 2 fully saturated rings. The van der Waals surface area contributed by atoms with Crippen molar-refractivity contribution < 1.29 is 19.0 Å². The molecule has 1 aromatic heterocycles. The van der Waals surface area contributed by atoms with E-state index in [1.165, 1.54) is 0 Å². The van der Waals surface area contributed by atoms with Gasteiger partial charge in [-0.3, -0.25) is 14.7 Å². The molecule has 0 radical (unpaired) electrons. The summed E-state index contributed by atoms with van der Waals surface area (Å²) < 4.78 is 17.4. The van der Waals surface area contributed by atoms with E-state index in [4.69, 9.17) is 14.2 Å². The van der Waals surface area contributed by atoms with E-state index in [9.17, 15) is 4.79 Å². The highest BCUT2D eigenvalue weighted by Gasteiger charge is 2.47. The zero-order valence-corrected chi connectivity index (χ0v) is 16.7. The average Bonchev–Trinajstić information content (AvgIpc) is 3.19. The number of nitrogens with zero attached hydrogens (tertiary/aromatic N) is 2. The van der Waals surface area contributed by atoms with Gasteiger partial charge in [0.25, 0.3) is 0 Å². The molecule has 2 atom stereocenters. The van der Waals surface area contributed by atoms with E-state index in [1.54, 1.807) is 19.5 Å². The summed E-state index contributed by atoms with van der Waals surface area (Å²) in [6.07, 6.45) is 6.38. The average molecular weight is 397 g/mol. The summed E-state index contributed by atoms with van der Waals surface area (Å²) in [5, 5.41) is 2.96. The molecule has 1 amide bonds. The first kappa shape index (κ1) is 19.8. The minimum Gasteiger partial charge on any atom is -0.456 e. The van der Waals surface area contributed by atoms with Gasteiger partial charge < -0.3 is 19.5 Å². The summed E-state index contributed by atoms with van der Waals surface area (Å²) in [4.78, 5) is 18.7. The lowest BCUT2D eigenvalue weighted by molar-refractivity contribution is -0.146. The molecule has 0 bridgehead atoms. The van der Waals surface area contributed by atoms with Crippen molar-refractivity contribution in [1.29, 1.82) is 0 Å². The molecular weight excluding hydrogens is 370 g/mol. The second kappa shape index (κ2) is 8.90. The van der Waals surface area contributed by atoms with Crippen molar-refractivity contribution in [2.75, 3.05) is 38.7 Å². The molecule has 2 aromatic rings. The van der Waals surface area contributed by atoms with E-state index in [0.29, 0.717) is 18.0 Å². The largest absolute Gasteiger partial charge is 0.456 e. The molecule has 0 saturated carbocycles. The molecule has 2 aliphatic heterocycles. The lowest BCUT2D eigenvalue weighted by Gasteiger charge is -2.44. The predicted octanol–water partition coefficient (Wildman–Crippen LogP) is 3.08. The zero-order valence-electron chi connectivity index (χ0n) is 16.7. The molecule has 1 spiro atoms. The normalized spacial score (nSPS) is 24.5. The molecule has 4 rings (SSSR count). The number of carbonyl (C=O) groups is 1. The second-order valence-electron chi connectivity index (χ2n) is 7.60. The summed E-state index contributed by atoms with van der Waals surface area (Å²) in [5.74, 6) is 1.33. The van der Waals surface area contributed by atoms with Crippen LogP contribution in [0.1, 0.15) is 19.3 Å². The number of aromatic nitrogens is 1. The number of amides is 1. The number of carbonyl (C=O) groups excluding carboxylic acids is 1. The van der Waals surface area contributed by atoms with E-state index < -0.39 is 0 Å². The van der Waals surface area contributed by atoms with Crippen LogP contribution >= 0.6 is 0 Å². The number of likely N-dealkylation sites (tertiary alicyclic amines) is 1. The summed E-state index contributed by atoms with van der Waals surface area (Å²) in [6.45, 7) is 2.68. The Balaban J connectivity index is 1.30. The molecule has 1 N–H and O–H groups in total. The van der Waals surface area contributed by atoms with Gasteiger partial charge in [-0.05, 0) is 55.7 Å². The Labute approximate surface area is 171 Å². The maximum absolute atomic E-state index is 12.5. The molecule has 2 saturated heterocycles. The van der Waals surface area contributed by atoms with E-state index in [2.05, 4.69) is 15.2 Å². The third-order valence-electron chi connectivity index (χ3n) is 5.58. The Morgan fingerprint density at radius 1 is 1.31 bits per heavy atom. The molecule has 154 valence electrons. The van der Waals surface area contributed by atoms with Gasteiger partial charge in [0, 0.05) is 38.7 Å². The van der Waals surface area contributed by atoms with Crippen LogP contribution in [-0.2, 0) is 14.3 Å². The van der Waals surface area contributed by atoms with Gasteiger partial charge in [0.05, 0.1) is 18.8 Å². The Morgan fingerprint density at radius 2 is 2.17 bits per heavy atom. The Kier molecular flexibility index (Phi) is 6.08. The monoisotopic (exact) mass is 397 g/mol. The van der Waals surface area contributed by atoms with Crippen LogP contribution in [-0.4, -0.2) is 60.8 Å². The fourth-order valence-electron chi connectivity index (χ4n) is 4.24. The van der Waals surface area contributed by atoms with Gasteiger partial charge in [-0.15, -0.1) is 0 Å². The standard InChI is InChI=1S/C22H27N3O4/c1-27-20-9-12-25(16-22(20)10-3-13-28-22)15-21(26)24-17-5-7-18(8-6-17)29-19-4-2-11-23-14-19/h2,4-8,11,14,20H,3,9-10,12-13,15-16H2,1H3,(H,24,26)/t20-,22+/m0/s1. The summed E-state index contributed by atoms with van der Waals surface area (Å²) in [7, 11) is 1.75. The quantitative estimate of drug-likeness (QED) is 0.808. The lowest BCUT2D eigenvalue weighted by Crippen LogP contribution is -2.58. The summed E-state index contributed by atoms with van der Waals surface area (Å²) in [6, 6.07) is 11.0. The Hall–Kier alpha value is -2.48. The number of piperidine rings is 1. The fraction of sp³-hybridized carbons (Fsp3) is 0.455. The van der Waals surface area contributed by atoms with Gasteiger partial charge in [-0.25, -0.2) is 0 Å². The van der Waals surface area contributed by atoms with Crippen LogP contribution in [0, 0.1) is 0 Å². The van der Waals surface area contributed by atoms with E-state index in [1.807, 2.05) is 36.4 Å². The number of hydrogen-bond donors (Lipinski definition) is 1. The molecule has 0 aliphatic carbocycles. The third-order valence-corrected chi connectivity index (χ3v) is 5.58. The highest BCUT2D eigenvalue weighted by atomic mass is 16.6. The molecular formula is C22H27N3O4. The number of rotatable bonds is 6. The highest BCUT2D eigenvalue weighted by molar-refractivity contribution is 5.92. The molecule has 0 unspecified atom stereocenters. The minimum absolute atomic E-state index is 0.0325. The maximum Gasteiger partial charge on any atom is 0.238 e. The van der Waals surface area contributed by atoms with Crippen molar-refractivity contribution in [2.45, 2.75) is 31.0 Å². The number of anilines is 1. The topological polar surface area (TPSA) is 72.9 Å². The predicted molar refractivity (Wildman–Crippen MR) is 109 cm³/mol. The van der Waals surface area contributed by atoms with E-state index >= 15 is 0 Å². The SMILES string of the molecule is CO[C@H]1CCN(CC(=O)Nc2ccc(Oc3cccnc3)cc2)C[C@]12CCCO2. The molecule has 7 heteroatoms. The lowest BCUT2D eigenvalue weighted by atomic mass is 9.87. The molecule has 3 heterocycles. The van der Waals surface area contributed by atoms with Gasteiger partial charge in [0.1, 0.15) is 17.1 Å². The second-order valence-corrected chi connectivity index (χ2v) is 7.60. The van der Waals surface area contributed by atoms with Crippen LogP contribution in [0.5, 0.6) is 11.5 Å². The van der Waals surface area contributed by atoms with Gasteiger partial charge in [-0.2, -0.15) is 0 Å². The van der Waals surface area contributed by atoms with Gasteiger partial charge in [0.15, 0.2) is 0 Å². The van der Waals surface area contributed by atoms with Crippen LogP contribution in [0.15, 0.2) is 48.8 Å². The van der Waals surface area contributed by atoms with Crippen LogP contribution in [0.4, 0.5) is 5.69 Å². The van der Waals surface area contributed by atoms with Crippen LogP contribution in [0.3, 0.4) is 0 Å². The Morgan fingerprint density at radius 3 is 2.86 bits per heavy atom. The van der Waals surface area contributed by atoms with Crippen molar-refractivity contribution in [2.24, 2.45) is 0 Å². The van der Waals surface area contributed by atoms with Crippen molar-refractivity contribution >= 4 is 11.6 Å². The molecule has 7 nitrogen and oxygen atoms in total. The Bertz CT molecular complexity index is 807. The van der Waals surface area contributed by atoms with Crippen molar-refractivity contribution in [3.8, 4) is 11.5 Å². The van der Waals surface area contributed by atoms with Gasteiger partial charge in [0.2, 0.25) is 5.91 Å². The third kappa shape index (κ3) is 4.75. The first-order valence-corrected chi connectivity index (χ1v) is 10.0. The van der Waals surface area contributed by atoms with Crippen molar-refractivity contribution in [1.82, 2.24) is 9.88 Å². The first-order chi connectivity index (χ1) is 14.2. The maximum atomic E-state index is 12.5. The van der Waals surface area contributed by atoms with Crippen molar-refractivity contribution in [3.63, 3.8) is 0 Å². The molecule has 29 heavy (non-hydrogen) atoms. The number of benzene rings is 1. The van der Waals surface area contributed by atoms with Crippen LogP contribution in [0.25, 0.3) is 0 Å². The van der Waals surface area contributed by atoms with E-state index in [0.717, 1.165) is 44.6 Å². The highest BCUT2D eigenvalue weighted by Crippen LogP contribution is 2.36. The number of pyridine rings is 1. The number of methoxy groups -OCH3 is 1. The van der Waals surface area contributed by atoms with Crippen molar-refractivity contribution in [3.05, 3.63) is 48.8 Å². The van der Waals surface area contributed by atoms with E-state index in [-0.39, 0.29) is 17.6 Å².